The Morgan fingerprint density at radius 3 is 2.53 bits per heavy atom. The fourth-order valence-corrected chi connectivity index (χ4v) is 1.90. The molecule has 0 radical (unpaired) electrons. The van der Waals surface area contributed by atoms with E-state index in [-0.39, 0.29) is 0 Å². The second kappa shape index (κ2) is 3.52. The van der Waals surface area contributed by atoms with Crippen molar-refractivity contribution in [1.29, 1.82) is 0 Å². The summed E-state index contributed by atoms with van der Waals surface area (Å²) in [6, 6.07) is 14.9. The van der Waals surface area contributed by atoms with Gasteiger partial charge in [-0.3, -0.25) is 0 Å². The van der Waals surface area contributed by atoms with Crippen molar-refractivity contribution in [2.45, 2.75) is 0 Å². The van der Waals surface area contributed by atoms with Gasteiger partial charge in [0.15, 0.2) is 0 Å². The molecule has 2 aromatic rings. The van der Waals surface area contributed by atoms with E-state index in [2.05, 4.69) is 48.5 Å². The largest absolute Gasteiger partial charge is 0.373 e. The van der Waals surface area contributed by atoms with Gasteiger partial charge in [-0.15, -0.1) is 0 Å². The highest BCUT2D eigenvalue weighted by molar-refractivity contribution is 5.90. The molecule has 0 amide bonds. The molecule has 1 nitrogen and oxygen atoms in total. The Labute approximate surface area is 89.0 Å². The predicted octanol–water partition coefficient (Wildman–Crippen LogP) is 3.25. The third-order valence-electron chi connectivity index (χ3n) is 2.76. The number of benzene rings is 2. The maximum atomic E-state index is 5.15. The van der Waals surface area contributed by atoms with Crippen LogP contribution in [-0.4, -0.2) is 13.2 Å². The van der Waals surface area contributed by atoms with E-state index >= 15 is 0 Å². The van der Waals surface area contributed by atoms with E-state index in [1.54, 1.807) is 0 Å². The minimum absolute atomic E-state index is 0.795. The minimum Gasteiger partial charge on any atom is -0.373 e. The molecular formula is C14H12O. The molecule has 1 fully saturated rings. The summed E-state index contributed by atoms with van der Waals surface area (Å²) in [4.78, 5) is 0. The second-order valence-corrected chi connectivity index (χ2v) is 3.86. The van der Waals surface area contributed by atoms with Crippen molar-refractivity contribution in [3.63, 3.8) is 0 Å². The van der Waals surface area contributed by atoms with E-state index in [1.165, 1.54) is 21.9 Å². The Balaban J connectivity index is 2.17. The van der Waals surface area contributed by atoms with Gasteiger partial charge in [0, 0.05) is 0 Å². The van der Waals surface area contributed by atoms with Gasteiger partial charge in [0.1, 0.15) is 0 Å². The molecule has 1 aliphatic heterocycles. The van der Waals surface area contributed by atoms with Crippen molar-refractivity contribution in [2.75, 3.05) is 13.2 Å². The van der Waals surface area contributed by atoms with Crippen molar-refractivity contribution >= 4 is 16.8 Å². The Morgan fingerprint density at radius 2 is 1.73 bits per heavy atom. The van der Waals surface area contributed by atoms with Gasteiger partial charge in [0.25, 0.3) is 0 Å². The molecule has 1 saturated heterocycles. The van der Waals surface area contributed by atoms with Crippen LogP contribution in [0.3, 0.4) is 0 Å². The molecule has 0 spiro atoms. The zero-order chi connectivity index (χ0) is 10.1. The molecule has 0 bridgehead atoms. The van der Waals surface area contributed by atoms with Crippen LogP contribution in [0.15, 0.2) is 48.0 Å². The van der Waals surface area contributed by atoms with E-state index in [1.807, 2.05) is 0 Å². The smallest absolute Gasteiger partial charge is 0.0706 e. The predicted molar refractivity (Wildman–Crippen MR) is 62.7 cm³/mol. The summed E-state index contributed by atoms with van der Waals surface area (Å²) in [6.45, 7) is 1.59. The zero-order valence-electron chi connectivity index (χ0n) is 8.44. The van der Waals surface area contributed by atoms with Gasteiger partial charge in [-0.1, -0.05) is 48.5 Å². The lowest BCUT2D eigenvalue weighted by atomic mass is 10.0. The van der Waals surface area contributed by atoms with Crippen molar-refractivity contribution < 1.29 is 4.74 Å². The summed E-state index contributed by atoms with van der Waals surface area (Å²) < 4.78 is 5.15. The first-order chi connectivity index (χ1) is 7.43. The number of hydrogen-bond donors (Lipinski definition) is 0. The lowest BCUT2D eigenvalue weighted by Crippen LogP contribution is -2.15. The monoisotopic (exact) mass is 196 g/mol. The molecule has 0 atom stereocenters. The van der Waals surface area contributed by atoms with Crippen LogP contribution < -0.4 is 0 Å². The molecule has 15 heavy (non-hydrogen) atoms. The average molecular weight is 196 g/mol. The molecule has 1 aliphatic rings. The van der Waals surface area contributed by atoms with Crippen molar-refractivity contribution in [3.8, 4) is 0 Å². The summed E-state index contributed by atoms with van der Waals surface area (Å²) in [7, 11) is 0. The molecule has 0 saturated carbocycles. The van der Waals surface area contributed by atoms with Gasteiger partial charge >= 0.3 is 0 Å². The van der Waals surface area contributed by atoms with Gasteiger partial charge in [-0.2, -0.15) is 0 Å². The molecule has 74 valence electrons. The summed E-state index contributed by atoms with van der Waals surface area (Å²) in [5.41, 5.74) is 2.68. The quantitative estimate of drug-likeness (QED) is 0.680. The van der Waals surface area contributed by atoms with Gasteiger partial charge in [0.05, 0.1) is 13.2 Å². The first-order valence-corrected chi connectivity index (χ1v) is 5.18. The first kappa shape index (κ1) is 8.69. The third-order valence-corrected chi connectivity index (χ3v) is 2.76. The van der Waals surface area contributed by atoms with Gasteiger partial charge in [-0.05, 0) is 21.9 Å². The Kier molecular flexibility index (Phi) is 2.04. The van der Waals surface area contributed by atoms with E-state index in [9.17, 15) is 0 Å². The fourth-order valence-electron chi connectivity index (χ4n) is 1.90. The van der Waals surface area contributed by atoms with E-state index in [4.69, 9.17) is 4.74 Å². The van der Waals surface area contributed by atoms with Crippen molar-refractivity contribution in [1.82, 2.24) is 0 Å². The third kappa shape index (κ3) is 1.55. The summed E-state index contributed by atoms with van der Waals surface area (Å²) in [6.07, 6.45) is 2.24. The first-order valence-electron chi connectivity index (χ1n) is 5.18. The van der Waals surface area contributed by atoms with Gasteiger partial charge in [-0.25, -0.2) is 0 Å². The van der Waals surface area contributed by atoms with Gasteiger partial charge < -0.3 is 4.74 Å². The SMILES string of the molecule is C(=C1COC1)c1cccc2ccccc12. The van der Waals surface area contributed by atoms with Crippen LogP contribution >= 0.6 is 0 Å². The number of ether oxygens (including phenoxy) is 1. The number of fused-ring (bicyclic) bond motifs is 1. The Hall–Kier alpha value is -1.60. The lowest BCUT2D eigenvalue weighted by molar-refractivity contribution is 0.105. The Bertz CT molecular complexity index is 514. The number of hydrogen-bond acceptors (Lipinski definition) is 1. The van der Waals surface area contributed by atoms with Crippen LogP contribution in [-0.2, 0) is 4.74 Å². The van der Waals surface area contributed by atoms with E-state index in [0.717, 1.165) is 13.2 Å². The highest BCUT2D eigenvalue weighted by Gasteiger charge is 2.08. The minimum atomic E-state index is 0.795. The van der Waals surface area contributed by atoms with Crippen molar-refractivity contribution in [3.05, 3.63) is 53.6 Å². The van der Waals surface area contributed by atoms with Crippen LogP contribution in [0.25, 0.3) is 16.8 Å². The van der Waals surface area contributed by atoms with Crippen LogP contribution in [0.5, 0.6) is 0 Å². The molecule has 0 unspecified atom stereocenters. The molecule has 0 aromatic heterocycles. The molecule has 0 N–H and O–H groups in total. The molecule has 1 heterocycles. The molecule has 3 rings (SSSR count). The maximum absolute atomic E-state index is 5.15. The molecule has 2 aromatic carbocycles. The van der Waals surface area contributed by atoms with Crippen LogP contribution in [0, 0.1) is 0 Å². The number of rotatable bonds is 1. The zero-order valence-corrected chi connectivity index (χ0v) is 8.44. The van der Waals surface area contributed by atoms with E-state index in [0.29, 0.717) is 0 Å². The maximum Gasteiger partial charge on any atom is 0.0706 e. The van der Waals surface area contributed by atoms with Crippen LogP contribution in [0.2, 0.25) is 0 Å². The molecule has 1 heteroatoms. The summed E-state index contributed by atoms with van der Waals surface area (Å²) in [5.74, 6) is 0. The fraction of sp³-hybridized carbons (Fsp3) is 0.143. The topological polar surface area (TPSA) is 9.23 Å². The van der Waals surface area contributed by atoms with Gasteiger partial charge in [0.2, 0.25) is 0 Å². The molecular weight excluding hydrogens is 184 g/mol. The highest BCUT2D eigenvalue weighted by Crippen LogP contribution is 2.22. The van der Waals surface area contributed by atoms with E-state index < -0.39 is 0 Å². The summed E-state index contributed by atoms with van der Waals surface area (Å²) in [5, 5.41) is 2.62. The van der Waals surface area contributed by atoms with Crippen LogP contribution in [0.1, 0.15) is 5.56 Å². The lowest BCUT2D eigenvalue weighted by Gasteiger charge is -2.17. The Morgan fingerprint density at radius 1 is 0.933 bits per heavy atom. The second-order valence-electron chi connectivity index (χ2n) is 3.86. The normalized spacial score (nSPS) is 15.1. The highest BCUT2D eigenvalue weighted by atomic mass is 16.5. The average Bonchev–Trinajstić information content (AvgIpc) is 2.23. The van der Waals surface area contributed by atoms with Crippen molar-refractivity contribution in [2.24, 2.45) is 0 Å². The van der Waals surface area contributed by atoms with Crippen LogP contribution in [0.4, 0.5) is 0 Å². The molecule has 0 aliphatic carbocycles. The summed E-state index contributed by atoms with van der Waals surface area (Å²) >= 11 is 0. The standard InChI is InChI=1S/C14H12O/c1-2-7-14-12(4-1)5-3-6-13(14)8-11-9-15-10-11/h1-8H,9-10H2.